The molecule has 4 bridgehead atoms. The fourth-order valence-corrected chi connectivity index (χ4v) is 3.64. The minimum Gasteiger partial charge on any atom is -0.368 e. The van der Waals surface area contributed by atoms with Crippen molar-refractivity contribution < 1.29 is 4.74 Å². The Hall–Kier alpha value is -1.60. The highest BCUT2D eigenvalue weighted by atomic mass is 16.5. The van der Waals surface area contributed by atoms with Gasteiger partial charge in [0.2, 0.25) is 0 Å². The molecule has 0 heterocycles. The Morgan fingerprint density at radius 3 is 1.60 bits per heavy atom. The summed E-state index contributed by atoms with van der Waals surface area (Å²) in [4.78, 5) is 0. The first-order valence-electron chi connectivity index (χ1n) is 9.84. The van der Waals surface area contributed by atoms with E-state index in [-0.39, 0.29) is 11.7 Å². The average Bonchev–Trinajstić information content (AvgIpc) is 2.58. The van der Waals surface area contributed by atoms with Gasteiger partial charge < -0.3 is 4.74 Å². The highest BCUT2D eigenvalue weighted by Crippen LogP contribution is 2.29. The zero-order chi connectivity index (χ0) is 17.7. The zero-order valence-corrected chi connectivity index (χ0v) is 16.1. The van der Waals surface area contributed by atoms with Crippen molar-refractivity contribution in [3.63, 3.8) is 0 Å². The van der Waals surface area contributed by atoms with Crippen molar-refractivity contribution in [1.29, 1.82) is 0 Å². The third-order valence-corrected chi connectivity index (χ3v) is 4.98. The van der Waals surface area contributed by atoms with Crippen molar-refractivity contribution in [2.24, 2.45) is 0 Å². The second kappa shape index (κ2) is 8.19. The highest BCUT2D eigenvalue weighted by Gasteiger charge is 2.20. The van der Waals surface area contributed by atoms with Crippen LogP contribution in [-0.2, 0) is 24.0 Å². The molecule has 1 nitrogen and oxygen atoms in total. The maximum atomic E-state index is 6.39. The van der Waals surface area contributed by atoms with Crippen LogP contribution in [0.1, 0.15) is 74.8 Å². The second-order valence-corrected chi connectivity index (χ2v) is 8.38. The van der Waals surface area contributed by atoms with Crippen molar-refractivity contribution in [3.05, 3.63) is 70.8 Å². The predicted molar refractivity (Wildman–Crippen MR) is 106 cm³/mol. The Morgan fingerprint density at radius 1 is 0.680 bits per heavy atom. The van der Waals surface area contributed by atoms with Crippen molar-refractivity contribution >= 4 is 0 Å². The predicted octanol–water partition coefficient (Wildman–Crippen LogP) is 6.44. The summed E-state index contributed by atoms with van der Waals surface area (Å²) >= 11 is 0. The molecule has 0 amide bonds. The number of hydrogen-bond acceptors (Lipinski definition) is 1. The standard InChI is InChI=1S/C24H32O/c1-24(2,3)25-23-10-6-9-21-13-11-19(12-14-21)7-4-5-8-20-15-17-22(23)18-16-20/h11-18,23H,4-10H2,1-3H3. The molecule has 25 heavy (non-hydrogen) atoms. The zero-order valence-electron chi connectivity index (χ0n) is 16.1. The molecule has 0 saturated heterocycles. The molecule has 134 valence electrons. The summed E-state index contributed by atoms with van der Waals surface area (Å²) in [5.74, 6) is 0. The third-order valence-electron chi connectivity index (χ3n) is 4.98. The van der Waals surface area contributed by atoms with E-state index < -0.39 is 0 Å². The van der Waals surface area contributed by atoms with Crippen molar-refractivity contribution in [3.8, 4) is 0 Å². The van der Waals surface area contributed by atoms with Gasteiger partial charge in [0.05, 0.1) is 11.7 Å². The van der Waals surface area contributed by atoms with E-state index in [2.05, 4.69) is 69.3 Å². The van der Waals surface area contributed by atoms with Crippen LogP contribution in [-0.4, -0.2) is 5.60 Å². The molecular formula is C24H32O. The lowest BCUT2D eigenvalue weighted by Gasteiger charge is -2.28. The monoisotopic (exact) mass is 336 g/mol. The first-order valence-corrected chi connectivity index (χ1v) is 9.84. The molecule has 0 radical (unpaired) electrons. The van der Waals surface area contributed by atoms with Gasteiger partial charge in [-0.25, -0.2) is 0 Å². The van der Waals surface area contributed by atoms with E-state index in [1.165, 1.54) is 47.9 Å². The van der Waals surface area contributed by atoms with Crippen molar-refractivity contribution in [2.75, 3.05) is 0 Å². The topological polar surface area (TPSA) is 9.23 Å². The van der Waals surface area contributed by atoms with Crippen LogP contribution in [0.5, 0.6) is 0 Å². The first kappa shape index (κ1) is 18.2. The molecule has 0 aromatic heterocycles. The van der Waals surface area contributed by atoms with Gasteiger partial charge in [0, 0.05) is 0 Å². The van der Waals surface area contributed by atoms with Crippen LogP contribution in [0.2, 0.25) is 0 Å². The van der Waals surface area contributed by atoms with Crippen LogP contribution in [0.15, 0.2) is 48.5 Å². The fraction of sp³-hybridized carbons (Fsp3) is 0.500. The number of rotatable bonds is 1. The first-order chi connectivity index (χ1) is 12.0. The molecule has 1 heteroatoms. The van der Waals surface area contributed by atoms with Crippen LogP contribution in [0.25, 0.3) is 0 Å². The Balaban J connectivity index is 1.79. The minimum absolute atomic E-state index is 0.119. The summed E-state index contributed by atoms with van der Waals surface area (Å²) in [7, 11) is 0. The maximum Gasteiger partial charge on any atom is 0.0832 e. The van der Waals surface area contributed by atoms with Crippen LogP contribution < -0.4 is 0 Å². The fourth-order valence-electron chi connectivity index (χ4n) is 3.64. The van der Waals surface area contributed by atoms with Crippen LogP contribution >= 0.6 is 0 Å². The molecular weight excluding hydrogens is 304 g/mol. The van der Waals surface area contributed by atoms with E-state index in [0.717, 1.165) is 19.3 Å². The average molecular weight is 337 g/mol. The van der Waals surface area contributed by atoms with Gasteiger partial charge in [-0.15, -0.1) is 0 Å². The van der Waals surface area contributed by atoms with E-state index in [1.54, 1.807) is 0 Å². The maximum absolute atomic E-state index is 6.39. The van der Waals surface area contributed by atoms with Gasteiger partial charge in [-0.2, -0.15) is 0 Å². The van der Waals surface area contributed by atoms with E-state index in [4.69, 9.17) is 4.74 Å². The lowest BCUT2D eigenvalue weighted by molar-refractivity contribution is -0.0657. The Bertz CT molecular complexity index is 646. The van der Waals surface area contributed by atoms with E-state index in [9.17, 15) is 0 Å². The lowest BCUT2D eigenvalue weighted by Crippen LogP contribution is -2.23. The van der Waals surface area contributed by atoms with Gasteiger partial charge in [0.1, 0.15) is 0 Å². The molecule has 0 saturated carbocycles. The molecule has 2 aromatic carbocycles. The second-order valence-electron chi connectivity index (χ2n) is 8.38. The number of ether oxygens (including phenoxy) is 1. The Labute approximate surface area is 153 Å². The number of aryl methyl sites for hydroxylation is 3. The van der Waals surface area contributed by atoms with Gasteiger partial charge in [-0.05, 0) is 88.0 Å². The molecule has 0 N–H and O–H groups in total. The molecule has 2 aromatic rings. The van der Waals surface area contributed by atoms with E-state index in [0.29, 0.717) is 0 Å². The van der Waals surface area contributed by atoms with E-state index in [1.807, 2.05) is 0 Å². The van der Waals surface area contributed by atoms with Crippen LogP contribution in [0.4, 0.5) is 0 Å². The quantitative estimate of drug-likeness (QED) is 0.582. The molecule has 4 aliphatic carbocycles. The summed E-state index contributed by atoms with van der Waals surface area (Å²) in [6.07, 6.45) is 8.41. The lowest BCUT2D eigenvalue weighted by atomic mass is 9.96. The summed E-state index contributed by atoms with van der Waals surface area (Å²) in [5, 5.41) is 0. The normalized spacial score (nSPS) is 19.2. The Morgan fingerprint density at radius 2 is 1.12 bits per heavy atom. The number of benzene rings is 2. The van der Waals surface area contributed by atoms with Crippen molar-refractivity contribution in [2.45, 2.75) is 77.4 Å². The third kappa shape index (κ3) is 5.71. The van der Waals surface area contributed by atoms with Crippen molar-refractivity contribution in [1.82, 2.24) is 0 Å². The van der Waals surface area contributed by atoms with Crippen LogP contribution in [0, 0.1) is 0 Å². The molecule has 4 aliphatic rings. The van der Waals surface area contributed by atoms with Gasteiger partial charge in [0.15, 0.2) is 0 Å². The number of hydrogen-bond donors (Lipinski definition) is 0. The highest BCUT2D eigenvalue weighted by molar-refractivity contribution is 5.26. The van der Waals surface area contributed by atoms with E-state index >= 15 is 0 Å². The summed E-state index contributed by atoms with van der Waals surface area (Å²) < 4.78 is 6.39. The van der Waals surface area contributed by atoms with Gasteiger partial charge >= 0.3 is 0 Å². The molecule has 0 aliphatic heterocycles. The smallest absolute Gasteiger partial charge is 0.0832 e. The Kier molecular flexibility index (Phi) is 5.96. The summed E-state index contributed by atoms with van der Waals surface area (Å²) in [6.45, 7) is 6.46. The SMILES string of the molecule is CC(C)(C)OC1CCCc2ccc(cc2)CCCCc2ccc1cc2. The minimum atomic E-state index is -0.119. The molecule has 6 rings (SSSR count). The molecule has 0 spiro atoms. The van der Waals surface area contributed by atoms with Gasteiger partial charge in [-0.1, -0.05) is 48.5 Å². The molecule has 1 unspecified atom stereocenters. The van der Waals surface area contributed by atoms with Gasteiger partial charge in [-0.3, -0.25) is 0 Å². The van der Waals surface area contributed by atoms with Crippen LogP contribution in [0.3, 0.4) is 0 Å². The largest absolute Gasteiger partial charge is 0.368 e. The van der Waals surface area contributed by atoms with Gasteiger partial charge in [0.25, 0.3) is 0 Å². The molecule has 0 fully saturated rings. The summed E-state index contributed by atoms with van der Waals surface area (Å²) in [5.41, 5.74) is 5.56. The molecule has 1 atom stereocenters. The summed E-state index contributed by atoms with van der Waals surface area (Å²) in [6, 6.07) is 18.4.